The van der Waals surface area contributed by atoms with Gasteiger partial charge in [0.2, 0.25) is 0 Å². The minimum absolute atomic E-state index is 0.164. The van der Waals surface area contributed by atoms with Crippen LogP contribution in [0.3, 0.4) is 0 Å². The number of hydrogen-bond donors (Lipinski definition) is 2. The van der Waals surface area contributed by atoms with Crippen molar-refractivity contribution in [2.24, 2.45) is 0 Å². The van der Waals surface area contributed by atoms with Gasteiger partial charge in [-0.05, 0) is 38.0 Å². The second kappa shape index (κ2) is 7.84. The van der Waals surface area contributed by atoms with Crippen molar-refractivity contribution in [3.63, 3.8) is 0 Å². The molecule has 2 rings (SSSR count). The highest BCUT2D eigenvalue weighted by molar-refractivity contribution is 6.30. The van der Waals surface area contributed by atoms with Gasteiger partial charge in [-0.3, -0.25) is 4.79 Å². The molecule has 1 aromatic carbocycles. The number of anilines is 1. The Kier molecular flexibility index (Phi) is 6.09. The number of amides is 1. The van der Waals surface area contributed by atoms with Gasteiger partial charge in [-0.2, -0.15) is 0 Å². The molecule has 1 aliphatic rings. The number of nitrogens with zero attached hydrogens (tertiary/aromatic N) is 1. The SMILES string of the molecule is CC[C@@H](C)NC(=O)C[NH+]1CCN(c2cc(Cl)ccc2C)CC1. The Labute approximate surface area is 138 Å². The molecular weight excluding hydrogens is 298 g/mol. The fourth-order valence-electron chi connectivity index (χ4n) is 2.82. The Morgan fingerprint density at radius 2 is 2.09 bits per heavy atom. The Morgan fingerprint density at radius 3 is 2.73 bits per heavy atom. The minimum Gasteiger partial charge on any atom is -0.360 e. The molecule has 1 saturated heterocycles. The fourth-order valence-corrected chi connectivity index (χ4v) is 2.99. The quantitative estimate of drug-likeness (QED) is 0.856. The highest BCUT2D eigenvalue weighted by Crippen LogP contribution is 2.24. The van der Waals surface area contributed by atoms with Gasteiger partial charge in [-0.25, -0.2) is 0 Å². The Morgan fingerprint density at radius 1 is 1.41 bits per heavy atom. The van der Waals surface area contributed by atoms with Crippen LogP contribution in [0, 0.1) is 6.92 Å². The monoisotopic (exact) mass is 324 g/mol. The maximum Gasteiger partial charge on any atom is 0.275 e. The predicted molar refractivity (Wildman–Crippen MR) is 91.9 cm³/mol. The highest BCUT2D eigenvalue weighted by atomic mass is 35.5. The lowest BCUT2D eigenvalue weighted by Gasteiger charge is -2.34. The van der Waals surface area contributed by atoms with Gasteiger partial charge in [0.25, 0.3) is 5.91 Å². The molecule has 1 atom stereocenters. The summed E-state index contributed by atoms with van der Waals surface area (Å²) in [5, 5.41) is 3.83. The van der Waals surface area contributed by atoms with Crippen LogP contribution in [0.4, 0.5) is 5.69 Å². The van der Waals surface area contributed by atoms with E-state index in [4.69, 9.17) is 11.6 Å². The lowest BCUT2D eigenvalue weighted by Crippen LogP contribution is -3.16. The third kappa shape index (κ3) is 4.62. The van der Waals surface area contributed by atoms with E-state index >= 15 is 0 Å². The molecule has 0 radical (unpaired) electrons. The van der Waals surface area contributed by atoms with E-state index in [0.717, 1.165) is 37.6 Å². The number of halogens is 1. The van der Waals surface area contributed by atoms with Gasteiger partial charge in [-0.1, -0.05) is 24.6 Å². The molecule has 1 aliphatic heterocycles. The lowest BCUT2D eigenvalue weighted by molar-refractivity contribution is -0.892. The number of aryl methyl sites for hydroxylation is 1. The number of hydrogen-bond acceptors (Lipinski definition) is 2. The molecule has 1 heterocycles. The Hall–Kier alpha value is -1.26. The number of carbonyl (C=O) groups is 1. The van der Waals surface area contributed by atoms with Crippen molar-refractivity contribution in [2.75, 3.05) is 37.6 Å². The molecule has 0 saturated carbocycles. The summed E-state index contributed by atoms with van der Waals surface area (Å²) in [6.07, 6.45) is 0.975. The Balaban J connectivity index is 1.85. The zero-order valence-corrected chi connectivity index (χ0v) is 14.5. The average Bonchev–Trinajstić information content (AvgIpc) is 2.50. The molecule has 22 heavy (non-hydrogen) atoms. The largest absolute Gasteiger partial charge is 0.360 e. The van der Waals surface area contributed by atoms with E-state index in [1.165, 1.54) is 16.2 Å². The number of carbonyl (C=O) groups excluding carboxylic acids is 1. The van der Waals surface area contributed by atoms with Crippen molar-refractivity contribution in [2.45, 2.75) is 33.2 Å². The van der Waals surface area contributed by atoms with Gasteiger partial charge in [0, 0.05) is 16.8 Å². The van der Waals surface area contributed by atoms with Crippen molar-refractivity contribution in [3.8, 4) is 0 Å². The van der Waals surface area contributed by atoms with Crippen LogP contribution in [0.1, 0.15) is 25.8 Å². The van der Waals surface area contributed by atoms with Crippen LogP contribution in [0.5, 0.6) is 0 Å². The first kappa shape index (κ1) is 17.1. The summed E-state index contributed by atoms with van der Waals surface area (Å²) in [4.78, 5) is 15.7. The normalized spacial score (nSPS) is 17.4. The van der Waals surface area contributed by atoms with E-state index in [2.05, 4.69) is 30.1 Å². The highest BCUT2D eigenvalue weighted by Gasteiger charge is 2.23. The topological polar surface area (TPSA) is 36.8 Å². The Bertz CT molecular complexity index is 513. The second-order valence-electron chi connectivity index (χ2n) is 6.22. The van der Waals surface area contributed by atoms with Crippen molar-refractivity contribution in [3.05, 3.63) is 28.8 Å². The van der Waals surface area contributed by atoms with Gasteiger partial charge in [0.15, 0.2) is 6.54 Å². The average molecular weight is 325 g/mol. The standard InChI is InChI=1S/C17H26ClN3O/c1-4-14(3)19-17(22)12-20-7-9-21(10-8-20)16-11-15(18)6-5-13(16)2/h5-6,11,14H,4,7-10,12H2,1-3H3,(H,19,22)/p+1/t14-/m1/s1. The lowest BCUT2D eigenvalue weighted by atomic mass is 10.1. The van der Waals surface area contributed by atoms with Crippen LogP contribution in [0.15, 0.2) is 18.2 Å². The molecular formula is C17H27ClN3O+. The molecule has 1 amide bonds. The number of rotatable bonds is 5. The zero-order valence-electron chi connectivity index (χ0n) is 13.8. The van der Waals surface area contributed by atoms with E-state index in [1.54, 1.807) is 0 Å². The fraction of sp³-hybridized carbons (Fsp3) is 0.588. The van der Waals surface area contributed by atoms with Gasteiger partial charge in [0.1, 0.15) is 0 Å². The molecule has 0 aromatic heterocycles. The summed E-state index contributed by atoms with van der Waals surface area (Å²) in [6.45, 7) is 10.7. The molecule has 5 heteroatoms. The third-order valence-electron chi connectivity index (χ3n) is 4.41. The predicted octanol–water partition coefficient (Wildman–Crippen LogP) is 1.27. The minimum atomic E-state index is 0.164. The van der Waals surface area contributed by atoms with E-state index in [0.29, 0.717) is 6.54 Å². The first-order chi connectivity index (χ1) is 10.5. The van der Waals surface area contributed by atoms with Gasteiger partial charge < -0.3 is 15.1 Å². The second-order valence-corrected chi connectivity index (χ2v) is 6.66. The summed E-state index contributed by atoms with van der Waals surface area (Å²) in [5.41, 5.74) is 2.47. The van der Waals surface area contributed by atoms with Crippen LogP contribution in [0.25, 0.3) is 0 Å². The summed E-state index contributed by atoms with van der Waals surface area (Å²) in [5.74, 6) is 0.164. The smallest absolute Gasteiger partial charge is 0.275 e. The number of benzene rings is 1. The van der Waals surface area contributed by atoms with Crippen molar-refractivity contribution in [1.82, 2.24) is 5.32 Å². The molecule has 0 unspecified atom stereocenters. The van der Waals surface area contributed by atoms with Crippen molar-refractivity contribution >= 4 is 23.2 Å². The van der Waals surface area contributed by atoms with Gasteiger partial charge in [0.05, 0.1) is 26.2 Å². The molecule has 0 aliphatic carbocycles. The molecule has 1 aromatic rings. The maximum atomic E-state index is 12.0. The molecule has 1 fully saturated rings. The molecule has 122 valence electrons. The molecule has 0 spiro atoms. The first-order valence-corrected chi connectivity index (χ1v) is 8.51. The molecule has 4 nitrogen and oxygen atoms in total. The van der Waals surface area contributed by atoms with Crippen molar-refractivity contribution < 1.29 is 9.69 Å². The first-order valence-electron chi connectivity index (χ1n) is 8.13. The summed E-state index contributed by atoms with van der Waals surface area (Å²) in [7, 11) is 0. The van der Waals surface area contributed by atoms with Gasteiger partial charge >= 0.3 is 0 Å². The van der Waals surface area contributed by atoms with Crippen LogP contribution >= 0.6 is 11.6 Å². The zero-order chi connectivity index (χ0) is 16.1. The van der Waals surface area contributed by atoms with E-state index in [-0.39, 0.29) is 11.9 Å². The molecule has 2 N–H and O–H groups in total. The van der Waals surface area contributed by atoms with E-state index in [9.17, 15) is 4.79 Å². The summed E-state index contributed by atoms with van der Waals surface area (Å²) in [6, 6.07) is 6.30. The number of nitrogens with one attached hydrogen (secondary N) is 2. The van der Waals surface area contributed by atoms with Crippen LogP contribution in [-0.2, 0) is 4.79 Å². The van der Waals surface area contributed by atoms with E-state index in [1.807, 2.05) is 19.1 Å². The van der Waals surface area contributed by atoms with Crippen molar-refractivity contribution in [1.29, 1.82) is 0 Å². The van der Waals surface area contributed by atoms with Crippen LogP contribution in [-0.4, -0.2) is 44.7 Å². The van der Waals surface area contributed by atoms with Crippen LogP contribution in [0.2, 0.25) is 5.02 Å². The summed E-state index contributed by atoms with van der Waals surface area (Å²) >= 11 is 6.11. The third-order valence-corrected chi connectivity index (χ3v) is 4.65. The summed E-state index contributed by atoms with van der Waals surface area (Å²) < 4.78 is 0. The molecule has 0 bridgehead atoms. The maximum absolute atomic E-state index is 12.0. The van der Waals surface area contributed by atoms with Crippen LogP contribution < -0.4 is 15.1 Å². The van der Waals surface area contributed by atoms with E-state index < -0.39 is 0 Å². The number of piperazine rings is 1. The van der Waals surface area contributed by atoms with Gasteiger partial charge in [-0.15, -0.1) is 0 Å². The number of quaternary nitrogens is 1.